The van der Waals surface area contributed by atoms with Crippen LogP contribution >= 0.6 is 11.6 Å². The topological polar surface area (TPSA) is 116 Å². The molecule has 3 aromatic rings. The molecule has 2 N–H and O–H groups in total. The molecule has 0 aliphatic carbocycles. The zero-order valence-electron chi connectivity index (χ0n) is 20.8. The Morgan fingerprint density at radius 1 is 1.00 bits per heavy atom. The fourth-order valence-corrected chi connectivity index (χ4v) is 6.45. The predicted octanol–water partition coefficient (Wildman–Crippen LogP) is 3.34. The number of hydrogen-bond acceptors (Lipinski definition) is 6. The van der Waals surface area contributed by atoms with Crippen molar-refractivity contribution in [1.29, 1.82) is 0 Å². The number of carbonyl (C=O) groups is 4. The molecule has 2 fully saturated rings. The number of amides is 3. The first-order valence-electron chi connectivity index (χ1n) is 12.4. The average molecular weight is 546 g/mol. The zero-order chi connectivity index (χ0) is 27.5. The molecule has 0 bridgehead atoms. The fraction of sp³-hybridized carbons (Fsp3) is 0.241. The van der Waals surface area contributed by atoms with E-state index in [9.17, 15) is 24.3 Å². The van der Waals surface area contributed by atoms with E-state index in [2.05, 4.69) is 5.32 Å². The Morgan fingerprint density at radius 3 is 2.38 bits per heavy atom. The predicted molar refractivity (Wildman–Crippen MR) is 142 cm³/mol. The summed E-state index contributed by atoms with van der Waals surface area (Å²) in [5, 5.41) is 13.4. The second-order valence-corrected chi connectivity index (χ2v) is 10.3. The van der Waals surface area contributed by atoms with E-state index in [-0.39, 0.29) is 6.54 Å². The summed E-state index contributed by atoms with van der Waals surface area (Å²) >= 11 is 6.42. The first-order valence-corrected chi connectivity index (χ1v) is 12.8. The van der Waals surface area contributed by atoms with E-state index in [0.29, 0.717) is 33.3 Å². The summed E-state index contributed by atoms with van der Waals surface area (Å²) in [4.78, 5) is 56.8. The number of imide groups is 1. The highest BCUT2D eigenvalue weighted by molar-refractivity contribution is 6.31. The van der Waals surface area contributed by atoms with Gasteiger partial charge in [-0.1, -0.05) is 48.0 Å². The van der Waals surface area contributed by atoms with E-state index >= 15 is 0 Å². The van der Waals surface area contributed by atoms with E-state index in [1.54, 1.807) is 65.6 Å². The third kappa shape index (κ3) is 3.65. The lowest BCUT2D eigenvalue weighted by Gasteiger charge is -2.30. The van der Waals surface area contributed by atoms with Gasteiger partial charge in [0, 0.05) is 22.3 Å². The smallest absolute Gasteiger partial charge is 0.304 e. The van der Waals surface area contributed by atoms with Crippen LogP contribution in [-0.2, 0) is 31.3 Å². The number of carboxylic acid groups (broad SMARTS) is 1. The molecule has 1 spiro atoms. The van der Waals surface area contributed by atoms with Gasteiger partial charge in [0.05, 0.1) is 37.6 Å². The molecule has 6 rings (SSSR count). The fourth-order valence-electron chi connectivity index (χ4n) is 6.25. The Bertz CT molecular complexity index is 1530. The average Bonchev–Trinajstić information content (AvgIpc) is 3.48. The van der Waals surface area contributed by atoms with Gasteiger partial charge in [-0.3, -0.25) is 24.5 Å². The number of nitrogens with zero attached hydrogens (tertiary/aromatic N) is 2. The standard InChI is InChI=1S/C29H24ClN3O6/c1-39-18-12-10-17(11-13-18)33-26(36)24-21(14-23(34)35)31-29(25(24)27(33)37)19-7-3-5-9-22(19)32(28(29)38)15-16-6-2-4-8-20(16)30/h2-13,21,24-25,31H,14-15H2,1H3,(H,34,35)/t21-,24+,25-,29+/m0/s1. The minimum Gasteiger partial charge on any atom is -0.497 e. The van der Waals surface area contributed by atoms with Gasteiger partial charge in [0.2, 0.25) is 11.8 Å². The maximum atomic E-state index is 14.4. The Hall–Kier alpha value is -4.21. The maximum Gasteiger partial charge on any atom is 0.304 e. The van der Waals surface area contributed by atoms with Crippen molar-refractivity contribution in [2.75, 3.05) is 16.9 Å². The third-order valence-electron chi connectivity index (χ3n) is 7.88. The highest BCUT2D eigenvalue weighted by atomic mass is 35.5. The molecular weight excluding hydrogens is 522 g/mol. The number of methoxy groups -OCH3 is 1. The SMILES string of the molecule is COc1ccc(N2C(=O)[C@@H]3[C@H](CC(=O)O)N[C@@]4(C(=O)N(Cc5ccccc5Cl)c5ccccc54)[C@@H]3C2=O)cc1. The van der Waals surface area contributed by atoms with Crippen LogP contribution in [-0.4, -0.2) is 41.9 Å². The largest absolute Gasteiger partial charge is 0.497 e. The Morgan fingerprint density at radius 2 is 1.69 bits per heavy atom. The molecule has 3 amide bonds. The third-order valence-corrected chi connectivity index (χ3v) is 8.25. The van der Waals surface area contributed by atoms with Gasteiger partial charge in [0.25, 0.3) is 5.91 Å². The lowest BCUT2D eigenvalue weighted by molar-refractivity contribution is -0.138. The molecule has 39 heavy (non-hydrogen) atoms. The minimum atomic E-state index is -1.61. The quantitative estimate of drug-likeness (QED) is 0.456. The van der Waals surface area contributed by atoms with Crippen molar-refractivity contribution in [1.82, 2.24) is 5.32 Å². The number of fused-ring (bicyclic) bond motifs is 4. The number of carboxylic acids is 1. The lowest BCUT2D eigenvalue weighted by Crippen LogP contribution is -2.55. The number of ether oxygens (including phenoxy) is 1. The Balaban J connectivity index is 1.48. The summed E-state index contributed by atoms with van der Waals surface area (Å²) in [6.07, 6.45) is -0.432. The van der Waals surface area contributed by atoms with Crippen LogP contribution in [0.25, 0.3) is 0 Å². The van der Waals surface area contributed by atoms with Gasteiger partial charge in [-0.2, -0.15) is 0 Å². The van der Waals surface area contributed by atoms with Gasteiger partial charge < -0.3 is 14.7 Å². The molecule has 3 aromatic carbocycles. The van der Waals surface area contributed by atoms with Crippen molar-refractivity contribution >= 4 is 46.7 Å². The van der Waals surface area contributed by atoms with E-state index in [1.807, 2.05) is 12.1 Å². The van der Waals surface area contributed by atoms with Gasteiger partial charge in [-0.25, -0.2) is 4.90 Å². The summed E-state index contributed by atoms with van der Waals surface area (Å²) in [6.45, 7) is 0.143. The number of rotatable bonds is 6. The molecule has 10 heteroatoms. The second-order valence-electron chi connectivity index (χ2n) is 9.87. The highest BCUT2D eigenvalue weighted by Crippen LogP contribution is 2.55. The molecule has 9 nitrogen and oxygen atoms in total. The van der Waals surface area contributed by atoms with E-state index < -0.39 is 53.5 Å². The molecule has 0 aromatic heterocycles. The number of nitrogens with one attached hydrogen (secondary N) is 1. The van der Waals surface area contributed by atoms with Crippen LogP contribution < -0.4 is 19.9 Å². The normalized spacial score (nSPS) is 25.4. The molecule has 0 radical (unpaired) electrons. The summed E-state index contributed by atoms with van der Waals surface area (Å²) in [6, 6.07) is 19.8. The molecule has 0 unspecified atom stereocenters. The molecule has 3 aliphatic heterocycles. The van der Waals surface area contributed by atoms with Crippen LogP contribution in [0.4, 0.5) is 11.4 Å². The van der Waals surface area contributed by atoms with Crippen molar-refractivity contribution < 1.29 is 29.0 Å². The molecule has 3 aliphatic rings. The van der Waals surface area contributed by atoms with E-state index in [0.717, 1.165) is 4.90 Å². The molecule has 4 atom stereocenters. The molecule has 2 saturated heterocycles. The number of anilines is 2. The van der Waals surface area contributed by atoms with Crippen LogP contribution in [0.1, 0.15) is 17.5 Å². The summed E-state index contributed by atoms with van der Waals surface area (Å²) in [5.41, 5.74) is 0.535. The minimum absolute atomic E-state index is 0.143. The van der Waals surface area contributed by atoms with Crippen molar-refractivity contribution in [3.63, 3.8) is 0 Å². The van der Waals surface area contributed by atoms with Crippen LogP contribution in [0.2, 0.25) is 5.02 Å². The number of aliphatic carboxylic acids is 1. The van der Waals surface area contributed by atoms with Crippen LogP contribution in [0.5, 0.6) is 5.75 Å². The number of para-hydroxylation sites is 1. The van der Waals surface area contributed by atoms with Crippen LogP contribution in [0, 0.1) is 11.8 Å². The van der Waals surface area contributed by atoms with Gasteiger partial charge in [0.1, 0.15) is 11.3 Å². The number of halogens is 1. The van der Waals surface area contributed by atoms with Gasteiger partial charge >= 0.3 is 5.97 Å². The number of benzene rings is 3. The van der Waals surface area contributed by atoms with Crippen molar-refractivity contribution in [3.05, 3.63) is 88.9 Å². The summed E-state index contributed by atoms with van der Waals surface area (Å²) in [5.74, 6) is -4.30. The molecule has 198 valence electrons. The van der Waals surface area contributed by atoms with Gasteiger partial charge in [-0.05, 0) is 42.0 Å². The van der Waals surface area contributed by atoms with Crippen molar-refractivity contribution in [2.24, 2.45) is 11.8 Å². The lowest BCUT2D eigenvalue weighted by atomic mass is 9.76. The zero-order valence-corrected chi connectivity index (χ0v) is 21.6. The second kappa shape index (κ2) is 9.21. The van der Waals surface area contributed by atoms with Crippen molar-refractivity contribution in [2.45, 2.75) is 24.5 Å². The Labute approximate surface area is 228 Å². The summed E-state index contributed by atoms with van der Waals surface area (Å²) < 4.78 is 5.20. The first-order chi connectivity index (χ1) is 18.8. The maximum absolute atomic E-state index is 14.4. The Kier molecular flexibility index (Phi) is 5.93. The highest BCUT2D eigenvalue weighted by Gasteiger charge is 2.71. The number of hydrogen-bond donors (Lipinski definition) is 2. The van der Waals surface area contributed by atoms with Gasteiger partial charge in [0.15, 0.2) is 0 Å². The van der Waals surface area contributed by atoms with Gasteiger partial charge in [-0.15, -0.1) is 0 Å². The summed E-state index contributed by atoms with van der Waals surface area (Å²) in [7, 11) is 1.51. The monoisotopic (exact) mass is 545 g/mol. The van der Waals surface area contributed by atoms with Crippen LogP contribution in [0.3, 0.4) is 0 Å². The van der Waals surface area contributed by atoms with E-state index in [4.69, 9.17) is 16.3 Å². The first kappa shape index (κ1) is 25.1. The number of carbonyl (C=O) groups excluding carboxylic acids is 3. The van der Waals surface area contributed by atoms with Crippen LogP contribution in [0.15, 0.2) is 72.8 Å². The van der Waals surface area contributed by atoms with Crippen molar-refractivity contribution in [3.8, 4) is 5.75 Å². The molecule has 3 heterocycles. The molecular formula is C29H24ClN3O6. The molecule has 0 saturated carbocycles. The van der Waals surface area contributed by atoms with E-state index in [1.165, 1.54) is 7.11 Å².